The quantitative estimate of drug-likeness (QED) is 0.287. The number of ether oxygens (including phenoxy) is 2. The number of rotatable bonds is 7. The number of fused-ring (bicyclic) bond motifs is 1. The van der Waals surface area contributed by atoms with Gasteiger partial charge in [0.1, 0.15) is 12.4 Å². The maximum atomic E-state index is 13.7. The van der Waals surface area contributed by atoms with E-state index in [0.717, 1.165) is 22.3 Å². The molecule has 0 unspecified atom stereocenters. The number of thiazole rings is 1. The Morgan fingerprint density at radius 1 is 1.08 bits per heavy atom. The van der Waals surface area contributed by atoms with E-state index in [1.54, 1.807) is 18.4 Å². The van der Waals surface area contributed by atoms with E-state index in [4.69, 9.17) is 21.1 Å². The van der Waals surface area contributed by atoms with Crippen molar-refractivity contribution in [1.82, 2.24) is 4.57 Å². The van der Waals surface area contributed by atoms with E-state index in [1.807, 2.05) is 85.8 Å². The highest BCUT2D eigenvalue weighted by Gasteiger charge is 2.33. The minimum atomic E-state index is -0.620. The number of nitrogens with zero attached hydrogens (tertiary/aromatic N) is 2. The van der Waals surface area contributed by atoms with Crippen LogP contribution in [-0.2, 0) is 16.1 Å². The van der Waals surface area contributed by atoms with Gasteiger partial charge in [-0.05, 0) is 67.8 Å². The Morgan fingerprint density at radius 3 is 2.51 bits per heavy atom. The van der Waals surface area contributed by atoms with E-state index in [1.165, 1.54) is 11.3 Å². The van der Waals surface area contributed by atoms with E-state index < -0.39 is 12.0 Å². The van der Waals surface area contributed by atoms with Gasteiger partial charge in [0.05, 0.1) is 28.5 Å². The summed E-state index contributed by atoms with van der Waals surface area (Å²) < 4.78 is 13.4. The molecule has 2 heterocycles. The highest BCUT2D eigenvalue weighted by atomic mass is 35.5. The molecule has 1 atom stereocenters. The van der Waals surface area contributed by atoms with Crippen LogP contribution < -0.4 is 19.6 Å². The number of carbonyl (C=O) groups excluding carboxylic acids is 1. The molecular weight excluding hydrogens is 532 g/mol. The van der Waals surface area contributed by atoms with Crippen molar-refractivity contribution in [3.63, 3.8) is 0 Å². The maximum Gasteiger partial charge on any atom is 0.338 e. The van der Waals surface area contributed by atoms with Gasteiger partial charge in [-0.15, -0.1) is 0 Å². The van der Waals surface area contributed by atoms with Crippen molar-refractivity contribution in [3.05, 3.63) is 131 Å². The molecule has 1 aliphatic rings. The molecule has 0 amide bonds. The molecule has 198 valence electrons. The molecule has 0 aliphatic carbocycles. The van der Waals surface area contributed by atoms with Crippen LogP contribution in [0.4, 0.5) is 0 Å². The van der Waals surface area contributed by atoms with Gasteiger partial charge in [-0.3, -0.25) is 9.36 Å². The molecule has 0 saturated carbocycles. The number of carbonyl (C=O) groups is 1. The molecule has 0 fully saturated rings. The first kappa shape index (κ1) is 26.7. The van der Waals surface area contributed by atoms with E-state index in [9.17, 15) is 9.59 Å². The van der Waals surface area contributed by atoms with E-state index in [0.29, 0.717) is 38.0 Å². The Kier molecular flexibility index (Phi) is 7.82. The summed E-state index contributed by atoms with van der Waals surface area (Å²) in [5.74, 6) is 0.245. The monoisotopic (exact) mass is 558 g/mol. The highest BCUT2D eigenvalue weighted by molar-refractivity contribution is 7.07. The van der Waals surface area contributed by atoms with Crippen LogP contribution in [-0.4, -0.2) is 17.1 Å². The Bertz CT molecular complexity index is 1740. The zero-order chi connectivity index (χ0) is 27.5. The van der Waals surface area contributed by atoms with Gasteiger partial charge in [-0.1, -0.05) is 77.0 Å². The number of esters is 1. The SMILES string of the molecule is CCOC(=O)C1=C(C)N=c2s/c(=C\c3ccc(OCc4cccc(Cl)c4)cc3)c(=O)n2[C@@H]1c1ccc(C)cc1. The van der Waals surface area contributed by atoms with Crippen molar-refractivity contribution in [1.29, 1.82) is 0 Å². The van der Waals surface area contributed by atoms with Gasteiger partial charge >= 0.3 is 5.97 Å². The molecule has 0 saturated heterocycles. The highest BCUT2D eigenvalue weighted by Crippen LogP contribution is 2.30. The molecule has 0 spiro atoms. The lowest BCUT2D eigenvalue weighted by Crippen LogP contribution is -2.39. The third-order valence-corrected chi connectivity index (χ3v) is 7.60. The molecular formula is C31H27ClN2O4S. The smallest absolute Gasteiger partial charge is 0.338 e. The molecule has 5 rings (SSSR count). The third-order valence-electron chi connectivity index (χ3n) is 6.38. The Morgan fingerprint density at radius 2 is 1.82 bits per heavy atom. The molecule has 8 heteroatoms. The average molecular weight is 559 g/mol. The van der Waals surface area contributed by atoms with Crippen LogP contribution in [0.1, 0.15) is 42.1 Å². The first-order valence-electron chi connectivity index (χ1n) is 12.6. The summed E-state index contributed by atoms with van der Waals surface area (Å²) in [5.41, 5.74) is 4.46. The number of hydrogen-bond acceptors (Lipinski definition) is 6. The lowest BCUT2D eigenvalue weighted by molar-refractivity contribution is -0.139. The largest absolute Gasteiger partial charge is 0.489 e. The zero-order valence-electron chi connectivity index (χ0n) is 21.8. The molecule has 39 heavy (non-hydrogen) atoms. The fourth-order valence-corrected chi connectivity index (χ4v) is 5.72. The molecule has 0 bridgehead atoms. The predicted molar refractivity (Wildman–Crippen MR) is 154 cm³/mol. The van der Waals surface area contributed by atoms with Crippen LogP contribution in [0.3, 0.4) is 0 Å². The summed E-state index contributed by atoms with van der Waals surface area (Å²) in [6.45, 7) is 6.18. The zero-order valence-corrected chi connectivity index (χ0v) is 23.4. The second-order valence-electron chi connectivity index (χ2n) is 9.20. The second kappa shape index (κ2) is 11.4. The summed E-state index contributed by atoms with van der Waals surface area (Å²) in [4.78, 5) is 31.9. The summed E-state index contributed by atoms with van der Waals surface area (Å²) in [7, 11) is 0. The lowest BCUT2D eigenvalue weighted by atomic mass is 9.95. The van der Waals surface area contributed by atoms with Gasteiger partial charge in [0.15, 0.2) is 4.80 Å². The topological polar surface area (TPSA) is 69.9 Å². The van der Waals surface area contributed by atoms with Crippen molar-refractivity contribution in [2.75, 3.05) is 6.61 Å². The lowest BCUT2D eigenvalue weighted by Gasteiger charge is -2.24. The number of allylic oxidation sites excluding steroid dienone is 1. The number of hydrogen-bond donors (Lipinski definition) is 0. The first-order valence-corrected chi connectivity index (χ1v) is 13.8. The van der Waals surface area contributed by atoms with Crippen LogP contribution >= 0.6 is 22.9 Å². The minimum absolute atomic E-state index is 0.208. The summed E-state index contributed by atoms with van der Waals surface area (Å²) in [5, 5.41) is 0.669. The van der Waals surface area contributed by atoms with Crippen molar-refractivity contribution in [2.24, 2.45) is 4.99 Å². The molecule has 6 nitrogen and oxygen atoms in total. The summed E-state index contributed by atoms with van der Waals surface area (Å²) >= 11 is 7.35. The standard InChI is InChI=1S/C31H27ClN2O4S/c1-4-37-30(36)27-20(3)33-31-34(28(27)23-12-8-19(2)9-13-23)29(35)26(39-31)17-21-10-14-25(15-11-21)38-18-22-6-5-7-24(32)16-22/h5-17,28H,4,18H2,1-3H3/b26-17-/t28-/m1/s1. The number of aromatic nitrogens is 1. The van der Waals surface area contributed by atoms with Crippen molar-refractivity contribution < 1.29 is 14.3 Å². The van der Waals surface area contributed by atoms with Gasteiger partial charge in [-0.25, -0.2) is 9.79 Å². The van der Waals surface area contributed by atoms with E-state index >= 15 is 0 Å². The summed E-state index contributed by atoms with van der Waals surface area (Å²) in [6.07, 6.45) is 1.83. The molecule has 4 aromatic rings. The Labute approximate surface area is 235 Å². The molecule has 3 aromatic carbocycles. The van der Waals surface area contributed by atoms with Gasteiger partial charge in [0, 0.05) is 5.02 Å². The minimum Gasteiger partial charge on any atom is -0.489 e. The van der Waals surface area contributed by atoms with Crippen LogP contribution in [0.15, 0.2) is 93.9 Å². The fraction of sp³-hybridized carbons (Fsp3) is 0.194. The van der Waals surface area contributed by atoms with Gasteiger partial charge < -0.3 is 9.47 Å². The predicted octanol–water partition coefficient (Wildman–Crippen LogP) is 5.34. The van der Waals surface area contributed by atoms with Crippen LogP contribution in [0.25, 0.3) is 6.08 Å². The van der Waals surface area contributed by atoms with Crippen LogP contribution in [0, 0.1) is 6.92 Å². The van der Waals surface area contributed by atoms with Gasteiger partial charge in [-0.2, -0.15) is 0 Å². The number of benzene rings is 3. The van der Waals surface area contributed by atoms with Crippen LogP contribution in [0.5, 0.6) is 5.75 Å². The Balaban J connectivity index is 1.49. The van der Waals surface area contributed by atoms with Gasteiger partial charge in [0.2, 0.25) is 0 Å². The maximum absolute atomic E-state index is 13.7. The van der Waals surface area contributed by atoms with Crippen molar-refractivity contribution >= 4 is 35.0 Å². The first-order chi connectivity index (χ1) is 18.8. The molecule has 0 N–H and O–H groups in total. The summed E-state index contributed by atoms with van der Waals surface area (Å²) in [6, 6.07) is 22.3. The average Bonchev–Trinajstić information content (AvgIpc) is 3.22. The fourth-order valence-electron chi connectivity index (χ4n) is 4.46. The Hall–Kier alpha value is -3.94. The number of aryl methyl sites for hydroxylation is 1. The van der Waals surface area contributed by atoms with Gasteiger partial charge in [0.25, 0.3) is 5.56 Å². The van der Waals surface area contributed by atoms with Crippen LogP contribution in [0.2, 0.25) is 5.02 Å². The van der Waals surface area contributed by atoms with E-state index in [-0.39, 0.29) is 12.2 Å². The van der Waals surface area contributed by atoms with E-state index in [2.05, 4.69) is 4.99 Å². The molecule has 0 radical (unpaired) electrons. The second-order valence-corrected chi connectivity index (χ2v) is 10.6. The van der Waals surface area contributed by atoms with Crippen molar-refractivity contribution in [3.8, 4) is 5.75 Å². The number of halogens is 1. The normalized spacial score (nSPS) is 15.1. The van der Waals surface area contributed by atoms with Crippen molar-refractivity contribution in [2.45, 2.75) is 33.4 Å². The third kappa shape index (κ3) is 5.75. The molecule has 1 aromatic heterocycles. The molecule has 1 aliphatic heterocycles.